The summed E-state index contributed by atoms with van der Waals surface area (Å²) in [6.45, 7) is 2.83. The summed E-state index contributed by atoms with van der Waals surface area (Å²) in [7, 11) is 0. The topological polar surface area (TPSA) is 115 Å². The van der Waals surface area contributed by atoms with E-state index in [1.807, 2.05) is 32.0 Å². The Morgan fingerprint density at radius 2 is 1.67 bits per heavy atom. The molecule has 0 bridgehead atoms. The summed E-state index contributed by atoms with van der Waals surface area (Å²) in [5.74, 6) is -2.33. The molecule has 8 heteroatoms. The molecule has 3 rings (SSSR count). The van der Waals surface area contributed by atoms with Crippen LogP contribution in [0.15, 0.2) is 57.7 Å². The van der Waals surface area contributed by atoms with Crippen molar-refractivity contribution in [3.05, 3.63) is 75.6 Å². The predicted octanol–water partition coefficient (Wildman–Crippen LogP) is 2.32. The third-order valence-corrected chi connectivity index (χ3v) is 4.36. The lowest BCUT2D eigenvalue weighted by atomic mass is 10.1. The van der Waals surface area contributed by atoms with E-state index in [1.54, 1.807) is 24.3 Å². The van der Waals surface area contributed by atoms with Gasteiger partial charge in [0.05, 0.1) is 11.9 Å². The third-order valence-electron chi connectivity index (χ3n) is 4.36. The Kier molecular flexibility index (Phi) is 6.26. The summed E-state index contributed by atoms with van der Waals surface area (Å²) in [5, 5.41) is 5.44. The number of fused-ring (bicyclic) bond motifs is 1. The number of carbonyl (C=O) groups is 3. The molecule has 0 saturated heterocycles. The molecule has 0 unspecified atom stereocenters. The predicted molar refractivity (Wildman–Crippen MR) is 110 cm³/mol. The van der Waals surface area contributed by atoms with Gasteiger partial charge in [0.25, 0.3) is 5.91 Å². The van der Waals surface area contributed by atoms with Gasteiger partial charge in [-0.2, -0.15) is 0 Å². The smallest absolute Gasteiger partial charge is 0.374 e. The van der Waals surface area contributed by atoms with Crippen LogP contribution in [0.1, 0.15) is 21.7 Å². The van der Waals surface area contributed by atoms with Gasteiger partial charge in [-0.05, 0) is 37.1 Å². The summed E-state index contributed by atoms with van der Waals surface area (Å²) in [6.07, 6.45) is 0. The van der Waals surface area contributed by atoms with Crippen LogP contribution >= 0.6 is 0 Å². The Balaban J connectivity index is 1.51. The molecule has 0 aliphatic rings. The van der Waals surface area contributed by atoms with Crippen molar-refractivity contribution < 1.29 is 23.5 Å². The minimum Gasteiger partial charge on any atom is -0.450 e. The van der Waals surface area contributed by atoms with Crippen molar-refractivity contribution in [3.8, 4) is 0 Å². The summed E-state index contributed by atoms with van der Waals surface area (Å²) in [4.78, 5) is 48.1. The average Bonchev–Trinajstić information content (AvgIpc) is 2.73. The number of hydrogen-bond donors (Lipinski definition) is 2. The van der Waals surface area contributed by atoms with Crippen LogP contribution in [0, 0.1) is 13.8 Å². The minimum atomic E-state index is -0.951. The zero-order valence-corrected chi connectivity index (χ0v) is 16.5. The molecule has 3 aromatic rings. The molecule has 30 heavy (non-hydrogen) atoms. The van der Waals surface area contributed by atoms with Gasteiger partial charge in [0.2, 0.25) is 11.7 Å². The average molecular weight is 408 g/mol. The summed E-state index contributed by atoms with van der Waals surface area (Å²) in [6, 6.07) is 13.1. The standard InChI is InChI=1S/C22H20N2O6/c1-13-6-5-7-14(2)21(13)24-19(26)11-23-20(27)12-29-22(28)18-10-16(25)15-8-3-4-9-17(15)30-18/h3-10H,11-12H2,1-2H3,(H,23,27)(H,24,26). The van der Waals surface area contributed by atoms with Gasteiger partial charge in [0.15, 0.2) is 12.0 Å². The molecule has 1 heterocycles. The van der Waals surface area contributed by atoms with Crippen molar-refractivity contribution in [3.63, 3.8) is 0 Å². The van der Waals surface area contributed by atoms with Crippen molar-refractivity contribution in [1.29, 1.82) is 0 Å². The lowest BCUT2D eigenvalue weighted by Gasteiger charge is -2.12. The van der Waals surface area contributed by atoms with Gasteiger partial charge in [-0.15, -0.1) is 0 Å². The second kappa shape index (κ2) is 9.04. The maximum atomic E-state index is 12.1. The number of anilines is 1. The second-order valence-corrected chi connectivity index (χ2v) is 6.64. The number of rotatable bonds is 6. The van der Waals surface area contributed by atoms with E-state index in [-0.39, 0.29) is 17.9 Å². The summed E-state index contributed by atoms with van der Waals surface area (Å²) >= 11 is 0. The monoisotopic (exact) mass is 408 g/mol. The molecule has 0 fully saturated rings. The molecular formula is C22H20N2O6. The molecule has 0 atom stereocenters. The Labute approximate surface area is 171 Å². The number of hydrogen-bond acceptors (Lipinski definition) is 6. The van der Waals surface area contributed by atoms with Crippen LogP contribution in [0.5, 0.6) is 0 Å². The number of aryl methyl sites for hydroxylation is 2. The SMILES string of the molecule is Cc1cccc(C)c1NC(=O)CNC(=O)COC(=O)c1cc(=O)c2ccccc2o1. The van der Waals surface area contributed by atoms with Crippen LogP contribution in [0.3, 0.4) is 0 Å². The van der Waals surface area contributed by atoms with Crippen LogP contribution in [-0.4, -0.2) is 30.9 Å². The maximum Gasteiger partial charge on any atom is 0.374 e. The molecular weight excluding hydrogens is 388 g/mol. The van der Waals surface area contributed by atoms with Crippen molar-refractivity contribution in [1.82, 2.24) is 5.32 Å². The first kappa shape index (κ1) is 20.8. The van der Waals surface area contributed by atoms with Crippen molar-refractivity contribution in [2.24, 2.45) is 0 Å². The fourth-order valence-corrected chi connectivity index (χ4v) is 2.83. The molecule has 0 radical (unpaired) electrons. The quantitative estimate of drug-likeness (QED) is 0.605. The molecule has 0 saturated carbocycles. The van der Waals surface area contributed by atoms with Gasteiger partial charge < -0.3 is 19.8 Å². The van der Waals surface area contributed by atoms with Crippen molar-refractivity contribution >= 4 is 34.4 Å². The first-order valence-electron chi connectivity index (χ1n) is 9.18. The number of nitrogens with one attached hydrogen (secondary N) is 2. The van der Waals surface area contributed by atoms with Crippen molar-refractivity contribution in [2.75, 3.05) is 18.5 Å². The van der Waals surface area contributed by atoms with E-state index in [9.17, 15) is 19.2 Å². The van der Waals surface area contributed by atoms with Crippen LogP contribution in [0.4, 0.5) is 5.69 Å². The van der Waals surface area contributed by atoms with Crippen LogP contribution in [0.25, 0.3) is 11.0 Å². The Morgan fingerprint density at radius 3 is 2.40 bits per heavy atom. The first-order chi connectivity index (χ1) is 14.3. The van der Waals surface area contributed by atoms with E-state index in [4.69, 9.17) is 9.15 Å². The number of carbonyl (C=O) groups excluding carboxylic acids is 3. The molecule has 2 amide bonds. The lowest BCUT2D eigenvalue weighted by Crippen LogP contribution is -2.35. The normalized spacial score (nSPS) is 10.5. The second-order valence-electron chi connectivity index (χ2n) is 6.64. The maximum absolute atomic E-state index is 12.1. The highest BCUT2D eigenvalue weighted by Crippen LogP contribution is 2.19. The molecule has 0 spiro atoms. The number of esters is 1. The number of benzene rings is 2. The molecule has 2 aromatic carbocycles. The molecule has 0 aliphatic carbocycles. The van der Waals surface area contributed by atoms with Gasteiger partial charge in [0.1, 0.15) is 5.58 Å². The lowest BCUT2D eigenvalue weighted by molar-refractivity contribution is -0.126. The summed E-state index contributed by atoms with van der Waals surface area (Å²) in [5.41, 5.74) is 2.34. The number of amides is 2. The number of para-hydroxylation sites is 2. The molecule has 8 nitrogen and oxygen atoms in total. The zero-order chi connectivity index (χ0) is 21.7. The van der Waals surface area contributed by atoms with Gasteiger partial charge in [0, 0.05) is 11.8 Å². The number of ether oxygens (including phenoxy) is 1. The highest BCUT2D eigenvalue weighted by atomic mass is 16.5. The highest BCUT2D eigenvalue weighted by molar-refractivity contribution is 5.96. The van der Waals surface area contributed by atoms with Crippen LogP contribution in [-0.2, 0) is 14.3 Å². The van der Waals surface area contributed by atoms with Gasteiger partial charge in [-0.1, -0.05) is 30.3 Å². The van der Waals surface area contributed by atoms with Crippen LogP contribution in [0.2, 0.25) is 0 Å². The molecule has 154 valence electrons. The van der Waals surface area contributed by atoms with Gasteiger partial charge in [-0.25, -0.2) is 4.79 Å². The van der Waals surface area contributed by atoms with Crippen molar-refractivity contribution in [2.45, 2.75) is 13.8 Å². The highest BCUT2D eigenvalue weighted by Gasteiger charge is 2.16. The fraction of sp³-hybridized carbons (Fsp3) is 0.182. The molecule has 1 aromatic heterocycles. The zero-order valence-electron chi connectivity index (χ0n) is 16.5. The van der Waals surface area contributed by atoms with E-state index >= 15 is 0 Å². The van der Waals surface area contributed by atoms with E-state index < -0.39 is 29.8 Å². The Bertz CT molecular complexity index is 1160. The van der Waals surface area contributed by atoms with E-state index in [0.29, 0.717) is 11.1 Å². The molecule has 0 aliphatic heterocycles. The molecule has 2 N–H and O–H groups in total. The van der Waals surface area contributed by atoms with Gasteiger partial charge >= 0.3 is 5.97 Å². The van der Waals surface area contributed by atoms with E-state index in [1.165, 1.54) is 0 Å². The Hall–Kier alpha value is -3.94. The third kappa shape index (κ3) is 4.91. The minimum absolute atomic E-state index is 0.240. The van der Waals surface area contributed by atoms with Gasteiger partial charge in [-0.3, -0.25) is 14.4 Å². The van der Waals surface area contributed by atoms with E-state index in [0.717, 1.165) is 17.2 Å². The summed E-state index contributed by atoms with van der Waals surface area (Å²) < 4.78 is 10.2. The van der Waals surface area contributed by atoms with Crippen LogP contribution < -0.4 is 16.1 Å². The Morgan fingerprint density at radius 1 is 0.967 bits per heavy atom. The fourth-order valence-electron chi connectivity index (χ4n) is 2.83. The largest absolute Gasteiger partial charge is 0.450 e. The first-order valence-corrected chi connectivity index (χ1v) is 9.18. The van der Waals surface area contributed by atoms with E-state index in [2.05, 4.69) is 10.6 Å².